The monoisotopic (exact) mass is 400 g/mol. The second-order valence-electron chi connectivity index (χ2n) is 8.34. The number of benzene rings is 1. The van der Waals surface area contributed by atoms with Crippen LogP contribution in [-0.4, -0.2) is 18.0 Å². The average molecular weight is 401 g/mol. The first-order chi connectivity index (χ1) is 12.9. The molecule has 2 nitrogen and oxygen atoms in total. The van der Waals surface area contributed by atoms with Crippen molar-refractivity contribution in [1.82, 2.24) is 4.90 Å². The zero-order valence-electron chi connectivity index (χ0n) is 16.5. The van der Waals surface area contributed by atoms with Gasteiger partial charge in [0.15, 0.2) is 0 Å². The summed E-state index contributed by atoms with van der Waals surface area (Å²) in [7, 11) is 0. The van der Waals surface area contributed by atoms with Crippen molar-refractivity contribution < 1.29 is 0 Å². The first kappa shape index (κ1) is 20.4. The number of hydrogen-bond donors (Lipinski definition) is 0. The highest BCUT2D eigenvalue weighted by Crippen LogP contribution is 2.45. The molecule has 0 spiro atoms. The molecule has 0 saturated carbocycles. The molecule has 0 bridgehead atoms. The summed E-state index contributed by atoms with van der Waals surface area (Å²) >= 11 is 7.62. The highest BCUT2D eigenvalue weighted by molar-refractivity contribution is 7.14. The van der Waals surface area contributed by atoms with Gasteiger partial charge in [-0.25, -0.2) is 0 Å². The van der Waals surface area contributed by atoms with Gasteiger partial charge in [-0.15, -0.1) is 11.3 Å². The van der Waals surface area contributed by atoms with Crippen LogP contribution < -0.4 is 0 Å². The molecule has 0 radical (unpaired) electrons. The van der Waals surface area contributed by atoms with Crippen molar-refractivity contribution in [2.45, 2.75) is 46.6 Å². The van der Waals surface area contributed by atoms with E-state index in [1.807, 2.05) is 6.07 Å². The standard InChI is InChI=1S/C23H29ClN2S/c1-17(2)18(3)23(8-11-25)9-12-26(13-10-23)15-19-4-6-20(7-5-19)21-14-22(24)27-16-21/h4-7,14,16-18H,8-10,12-13,15H2,1-3H3. The van der Waals surface area contributed by atoms with Gasteiger partial charge in [-0.3, -0.25) is 4.90 Å². The van der Waals surface area contributed by atoms with E-state index in [2.05, 4.69) is 61.4 Å². The summed E-state index contributed by atoms with van der Waals surface area (Å²) in [5.74, 6) is 1.22. The first-order valence-corrected chi connectivity index (χ1v) is 11.1. The molecule has 0 amide bonds. The van der Waals surface area contributed by atoms with Gasteiger partial charge in [-0.1, -0.05) is 56.6 Å². The van der Waals surface area contributed by atoms with Gasteiger partial charge in [0.05, 0.1) is 10.4 Å². The maximum atomic E-state index is 9.37. The molecule has 2 aromatic rings. The van der Waals surface area contributed by atoms with Crippen LogP contribution in [0.5, 0.6) is 0 Å². The van der Waals surface area contributed by atoms with Gasteiger partial charge in [0.1, 0.15) is 0 Å². The fourth-order valence-corrected chi connectivity index (χ4v) is 5.23. The van der Waals surface area contributed by atoms with Gasteiger partial charge in [-0.05, 0) is 65.9 Å². The molecular weight excluding hydrogens is 372 g/mol. The van der Waals surface area contributed by atoms with Crippen LogP contribution in [0.2, 0.25) is 4.34 Å². The molecule has 1 saturated heterocycles. The van der Waals surface area contributed by atoms with Crippen molar-refractivity contribution in [1.29, 1.82) is 5.26 Å². The second-order valence-corrected chi connectivity index (χ2v) is 9.89. The van der Waals surface area contributed by atoms with Crippen LogP contribution in [0, 0.1) is 28.6 Å². The van der Waals surface area contributed by atoms with Crippen molar-refractivity contribution in [2.75, 3.05) is 13.1 Å². The summed E-state index contributed by atoms with van der Waals surface area (Å²) in [4.78, 5) is 2.54. The van der Waals surface area contributed by atoms with Gasteiger partial charge < -0.3 is 0 Å². The van der Waals surface area contributed by atoms with E-state index >= 15 is 0 Å². The summed E-state index contributed by atoms with van der Waals surface area (Å²) < 4.78 is 0.832. The zero-order valence-corrected chi connectivity index (χ0v) is 18.1. The summed E-state index contributed by atoms with van der Waals surface area (Å²) in [6, 6.07) is 13.3. The molecule has 1 unspecified atom stereocenters. The van der Waals surface area contributed by atoms with E-state index in [4.69, 9.17) is 11.6 Å². The fourth-order valence-electron chi connectivity index (χ4n) is 4.34. The van der Waals surface area contributed by atoms with E-state index in [1.165, 1.54) is 16.7 Å². The smallest absolute Gasteiger partial charge is 0.0934 e. The first-order valence-electron chi connectivity index (χ1n) is 9.86. The summed E-state index contributed by atoms with van der Waals surface area (Å²) in [5.41, 5.74) is 3.96. The lowest BCUT2D eigenvalue weighted by Crippen LogP contribution is -2.44. The van der Waals surface area contributed by atoms with E-state index < -0.39 is 0 Å². The molecule has 4 heteroatoms. The van der Waals surface area contributed by atoms with Crippen LogP contribution in [0.15, 0.2) is 35.7 Å². The Morgan fingerprint density at radius 3 is 2.33 bits per heavy atom. The van der Waals surface area contributed by atoms with E-state index in [-0.39, 0.29) is 5.41 Å². The van der Waals surface area contributed by atoms with Crippen LogP contribution in [0.4, 0.5) is 0 Å². The van der Waals surface area contributed by atoms with Crippen molar-refractivity contribution >= 4 is 22.9 Å². The highest BCUT2D eigenvalue weighted by atomic mass is 35.5. The lowest BCUT2D eigenvalue weighted by Gasteiger charge is -2.46. The van der Waals surface area contributed by atoms with Crippen LogP contribution in [0.3, 0.4) is 0 Å². The minimum absolute atomic E-state index is 0.196. The molecule has 144 valence electrons. The normalized spacial score (nSPS) is 18.4. The lowest BCUT2D eigenvalue weighted by atomic mass is 9.64. The molecule has 0 N–H and O–H groups in total. The summed E-state index contributed by atoms with van der Waals surface area (Å²) in [5, 5.41) is 11.5. The third kappa shape index (κ3) is 4.74. The molecule has 1 aromatic heterocycles. The Labute approximate surface area is 172 Å². The van der Waals surface area contributed by atoms with Crippen molar-refractivity contribution in [3.63, 3.8) is 0 Å². The van der Waals surface area contributed by atoms with Crippen LogP contribution in [0.25, 0.3) is 11.1 Å². The molecule has 1 aliphatic rings. The van der Waals surface area contributed by atoms with Gasteiger partial charge >= 0.3 is 0 Å². The molecule has 2 heterocycles. The van der Waals surface area contributed by atoms with E-state index in [1.54, 1.807) is 11.3 Å². The molecule has 27 heavy (non-hydrogen) atoms. The van der Waals surface area contributed by atoms with Gasteiger partial charge in [0.2, 0.25) is 0 Å². The Morgan fingerprint density at radius 1 is 1.15 bits per heavy atom. The van der Waals surface area contributed by atoms with Crippen molar-refractivity contribution in [3.05, 3.63) is 45.6 Å². The quantitative estimate of drug-likeness (QED) is 0.529. The Balaban J connectivity index is 1.61. The highest BCUT2D eigenvalue weighted by Gasteiger charge is 2.40. The zero-order chi connectivity index (χ0) is 19.4. The van der Waals surface area contributed by atoms with Gasteiger partial charge in [-0.2, -0.15) is 5.26 Å². The summed E-state index contributed by atoms with van der Waals surface area (Å²) in [6.07, 6.45) is 2.95. The van der Waals surface area contributed by atoms with Gasteiger partial charge in [0, 0.05) is 18.3 Å². The van der Waals surface area contributed by atoms with Crippen LogP contribution in [-0.2, 0) is 6.54 Å². The third-order valence-corrected chi connectivity index (χ3v) is 7.60. The second kappa shape index (κ2) is 8.78. The Morgan fingerprint density at radius 2 is 1.81 bits per heavy atom. The maximum Gasteiger partial charge on any atom is 0.0934 e. The number of likely N-dealkylation sites (tertiary alicyclic amines) is 1. The molecule has 1 aliphatic heterocycles. The number of hydrogen-bond acceptors (Lipinski definition) is 3. The number of thiophene rings is 1. The lowest BCUT2D eigenvalue weighted by molar-refractivity contribution is 0.0350. The Bertz CT molecular complexity index is 779. The minimum atomic E-state index is 0.196. The molecule has 3 rings (SSSR count). The Hall–Kier alpha value is -1.34. The molecule has 1 aromatic carbocycles. The third-order valence-electron chi connectivity index (χ3n) is 6.51. The molecular formula is C23H29ClN2S. The topological polar surface area (TPSA) is 27.0 Å². The van der Waals surface area contributed by atoms with E-state index in [0.29, 0.717) is 18.3 Å². The minimum Gasteiger partial charge on any atom is -0.299 e. The SMILES string of the molecule is CC(C)C(C)C1(CC#N)CCN(Cc2ccc(-c3csc(Cl)c3)cc2)CC1. The van der Waals surface area contributed by atoms with E-state index in [9.17, 15) is 5.26 Å². The number of nitriles is 1. The Kier molecular flexibility index (Phi) is 6.63. The molecule has 0 aliphatic carbocycles. The predicted molar refractivity (Wildman–Crippen MR) is 116 cm³/mol. The molecule has 1 atom stereocenters. The predicted octanol–water partition coefficient (Wildman–Crippen LogP) is 6.86. The van der Waals surface area contributed by atoms with Crippen molar-refractivity contribution in [2.24, 2.45) is 17.3 Å². The average Bonchev–Trinajstić information content (AvgIpc) is 3.10. The molecule has 1 fully saturated rings. The van der Waals surface area contributed by atoms with Crippen molar-refractivity contribution in [3.8, 4) is 17.2 Å². The number of piperidine rings is 1. The number of halogens is 1. The fraction of sp³-hybridized carbons (Fsp3) is 0.522. The van der Waals surface area contributed by atoms with Crippen LogP contribution >= 0.6 is 22.9 Å². The number of nitrogens with zero attached hydrogens (tertiary/aromatic N) is 2. The maximum absolute atomic E-state index is 9.37. The van der Waals surface area contributed by atoms with E-state index in [0.717, 1.165) is 36.8 Å². The number of rotatable bonds is 6. The largest absolute Gasteiger partial charge is 0.299 e. The van der Waals surface area contributed by atoms with Gasteiger partial charge in [0.25, 0.3) is 0 Å². The van der Waals surface area contributed by atoms with Crippen LogP contribution in [0.1, 0.15) is 45.6 Å². The summed E-state index contributed by atoms with van der Waals surface area (Å²) in [6.45, 7) is 10.1.